The molecule has 0 aliphatic carbocycles. The van der Waals surface area contributed by atoms with Gasteiger partial charge in [0.25, 0.3) is 0 Å². The first-order valence-corrected chi connectivity index (χ1v) is 9.08. The fourth-order valence-electron chi connectivity index (χ4n) is 2.89. The Bertz CT molecular complexity index is 602. The second kappa shape index (κ2) is 10.0. The van der Waals surface area contributed by atoms with Gasteiger partial charge >= 0.3 is 0 Å². The third-order valence-electron chi connectivity index (χ3n) is 4.42. The SMILES string of the molecule is CCCCCCCCc1ccc(C(=O)C(O)c2ccccc2)cc1. The first-order chi connectivity index (χ1) is 11.7. The summed E-state index contributed by atoms with van der Waals surface area (Å²) < 4.78 is 0. The Morgan fingerprint density at radius 2 is 1.50 bits per heavy atom. The van der Waals surface area contributed by atoms with Crippen LogP contribution in [0.1, 0.15) is 73.0 Å². The number of Topliss-reactive ketones (excluding diaryl/α,β-unsaturated/α-hetero) is 1. The molecule has 0 spiro atoms. The van der Waals surface area contributed by atoms with Gasteiger partial charge in [-0.1, -0.05) is 93.6 Å². The van der Waals surface area contributed by atoms with Crippen LogP contribution in [0.5, 0.6) is 0 Å². The minimum absolute atomic E-state index is 0.243. The predicted molar refractivity (Wildman–Crippen MR) is 99.3 cm³/mol. The van der Waals surface area contributed by atoms with E-state index in [9.17, 15) is 9.90 Å². The van der Waals surface area contributed by atoms with Gasteiger partial charge in [0.15, 0.2) is 5.78 Å². The van der Waals surface area contributed by atoms with E-state index in [0.717, 1.165) is 6.42 Å². The van der Waals surface area contributed by atoms with Crippen LogP contribution >= 0.6 is 0 Å². The Labute approximate surface area is 145 Å². The van der Waals surface area contributed by atoms with E-state index in [1.807, 2.05) is 42.5 Å². The summed E-state index contributed by atoms with van der Waals surface area (Å²) in [7, 11) is 0. The zero-order valence-electron chi connectivity index (χ0n) is 14.6. The second-order valence-electron chi connectivity index (χ2n) is 6.39. The lowest BCUT2D eigenvalue weighted by Gasteiger charge is -2.10. The second-order valence-corrected chi connectivity index (χ2v) is 6.39. The number of hydrogen-bond acceptors (Lipinski definition) is 2. The summed E-state index contributed by atoms with van der Waals surface area (Å²) >= 11 is 0. The molecule has 1 atom stereocenters. The molecule has 1 unspecified atom stereocenters. The topological polar surface area (TPSA) is 37.3 Å². The molecule has 2 nitrogen and oxygen atoms in total. The third kappa shape index (κ3) is 5.61. The van der Waals surface area contributed by atoms with E-state index in [4.69, 9.17) is 0 Å². The highest BCUT2D eigenvalue weighted by molar-refractivity contribution is 5.99. The maximum atomic E-state index is 12.4. The van der Waals surface area contributed by atoms with Gasteiger partial charge in [0.2, 0.25) is 0 Å². The van der Waals surface area contributed by atoms with Crippen molar-refractivity contribution in [3.05, 3.63) is 71.3 Å². The largest absolute Gasteiger partial charge is 0.380 e. The highest BCUT2D eigenvalue weighted by atomic mass is 16.3. The number of aryl methyl sites for hydroxylation is 1. The van der Waals surface area contributed by atoms with Crippen LogP contribution in [-0.2, 0) is 6.42 Å². The van der Waals surface area contributed by atoms with Crippen molar-refractivity contribution in [1.82, 2.24) is 0 Å². The van der Waals surface area contributed by atoms with Gasteiger partial charge in [-0.05, 0) is 24.0 Å². The molecule has 0 saturated heterocycles. The number of rotatable bonds is 10. The Morgan fingerprint density at radius 3 is 2.17 bits per heavy atom. The number of carbonyl (C=O) groups excluding carboxylic acids is 1. The molecule has 0 saturated carbocycles. The molecular weight excluding hydrogens is 296 g/mol. The number of benzene rings is 2. The average molecular weight is 324 g/mol. The minimum atomic E-state index is -1.09. The van der Waals surface area contributed by atoms with Crippen molar-refractivity contribution in [1.29, 1.82) is 0 Å². The van der Waals surface area contributed by atoms with Crippen LogP contribution in [0.15, 0.2) is 54.6 Å². The highest BCUT2D eigenvalue weighted by Crippen LogP contribution is 2.19. The van der Waals surface area contributed by atoms with Gasteiger partial charge in [0.1, 0.15) is 6.10 Å². The maximum Gasteiger partial charge on any atom is 0.195 e. The Hall–Kier alpha value is -1.93. The van der Waals surface area contributed by atoms with Crippen LogP contribution in [0.3, 0.4) is 0 Å². The van der Waals surface area contributed by atoms with Gasteiger partial charge in [0, 0.05) is 5.56 Å². The summed E-state index contributed by atoms with van der Waals surface area (Å²) in [6.45, 7) is 2.23. The van der Waals surface area contributed by atoms with Gasteiger partial charge in [-0.3, -0.25) is 4.79 Å². The van der Waals surface area contributed by atoms with Gasteiger partial charge < -0.3 is 5.11 Å². The van der Waals surface area contributed by atoms with Gasteiger partial charge in [0.05, 0.1) is 0 Å². The monoisotopic (exact) mass is 324 g/mol. The highest BCUT2D eigenvalue weighted by Gasteiger charge is 2.18. The molecule has 2 rings (SSSR count). The quantitative estimate of drug-likeness (QED) is 0.462. The molecule has 0 bridgehead atoms. The van der Waals surface area contributed by atoms with E-state index in [1.165, 1.54) is 44.1 Å². The summed E-state index contributed by atoms with van der Waals surface area (Å²) in [5.74, 6) is -0.243. The summed E-state index contributed by atoms with van der Waals surface area (Å²) in [5, 5.41) is 10.2. The summed E-state index contributed by atoms with van der Waals surface area (Å²) in [5.41, 5.74) is 2.47. The molecule has 2 aromatic rings. The molecule has 0 fully saturated rings. The first-order valence-electron chi connectivity index (χ1n) is 9.08. The molecular formula is C22H28O2. The Morgan fingerprint density at radius 1 is 0.875 bits per heavy atom. The first kappa shape index (κ1) is 18.4. The molecule has 0 radical (unpaired) electrons. The Balaban J connectivity index is 1.84. The normalized spacial score (nSPS) is 12.1. The van der Waals surface area contributed by atoms with E-state index in [-0.39, 0.29) is 5.78 Å². The van der Waals surface area contributed by atoms with Crippen molar-refractivity contribution < 1.29 is 9.90 Å². The predicted octanol–water partition coefficient (Wildman–Crippen LogP) is 5.51. The number of unbranched alkanes of at least 4 members (excludes halogenated alkanes) is 5. The number of ketones is 1. The number of aliphatic hydroxyl groups is 1. The summed E-state index contributed by atoms with van der Waals surface area (Å²) in [6, 6.07) is 16.8. The van der Waals surface area contributed by atoms with Crippen molar-refractivity contribution in [2.24, 2.45) is 0 Å². The molecule has 24 heavy (non-hydrogen) atoms. The standard InChI is InChI=1S/C22H28O2/c1-2-3-4-5-6-8-11-18-14-16-20(17-15-18)22(24)21(23)19-12-9-7-10-13-19/h7,9-10,12-17,21,23H,2-6,8,11H2,1H3. The van der Waals surface area contributed by atoms with Crippen molar-refractivity contribution in [2.45, 2.75) is 58.0 Å². The maximum absolute atomic E-state index is 12.4. The van der Waals surface area contributed by atoms with E-state index < -0.39 is 6.10 Å². The number of aliphatic hydroxyl groups excluding tert-OH is 1. The zero-order chi connectivity index (χ0) is 17.2. The van der Waals surface area contributed by atoms with Crippen molar-refractivity contribution in [3.63, 3.8) is 0 Å². The van der Waals surface area contributed by atoms with Crippen LogP contribution < -0.4 is 0 Å². The fraction of sp³-hybridized carbons (Fsp3) is 0.409. The van der Waals surface area contributed by atoms with E-state index in [1.54, 1.807) is 12.1 Å². The molecule has 0 heterocycles. The molecule has 2 aromatic carbocycles. The van der Waals surface area contributed by atoms with Crippen molar-refractivity contribution in [3.8, 4) is 0 Å². The number of carbonyl (C=O) groups is 1. The van der Waals surface area contributed by atoms with E-state index in [0.29, 0.717) is 11.1 Å². The lowest BCUT2D eigenvalue weighted by molar-refractivity contribution is 0.0747. The van der Waals surface area contributed by atoms with Crippen LogP contribution in [0.4, 0.5) is 0 Å². The summed E-state index contributed by atoms with van der Waals surface area (Å²) in [6.07, 6.45) is 7.70. The third-order valence-corrected chi connectivity index (χ3v) is 4.42. The smallest absolute Gasteiger partial charge is 0.195 e. The van der Waals surface area contributed by atoms with E-state index >= 15 is 0 Å². The lowest BCUT2D eigenvalue weighted by atomic mass is 9.98. The summed E-state index contributed by atoms with van der Waals surface area (Å²) in [4.78, 5) is 12.4. The van der Waals surface area contributed by atoms with E-state index in [2.05, 4.69) is 6.92 Å². The number of hydrogen-bond donors (Lipinski definition) is 1. The lowest BCUT2D eigenvalue weighted by Crippen LogP contribution is -2.12. The molecule has 0 aliphatic heterocycles. The van der Waals surface area contributed by atoms with Crippen LogP contribution in [0.25, 0.3) is 0 Å². The molecule has 0 aliphatic rings. The van der Waals surface area contributed by atoms with Crippen LogP contribution in [-0.4, -0.2) is 10.9 Å². The van der Waals surface area contributed by atoms with Gasteiger partial charge in [-0.15, -0.1) is 0 Å². The van der Waals surface area contributed by atoms with Crippen LogP contribution in [0.2, 0.25) is 0 Å². The molecule has 0 aromatic heterocycles. The molecule has 128 valence electrons. The zero-order valence-corrected chi connectivity index (χ0v) is 14.6. The van der Waals surface area contributed by atoms with Crippen molar-refractivity contribution in [2.75, 3.05) is 0 Å². The minimum Gasteiger partial charge on any atom is -0.380 e. The van der Waals surface area contributed by atoms with Gasteiger partial charge in [-0.25, -0.2) is 0 Å². The molecule has 2 heteroatoms. The molecule has 0 amide bonds. The van der Waals surface area contributed by atoms with Crippen LogP contribution in [0, 0.1) is 0 Å². The fourth-order valence-corrected chi connectivity index (χ4v) is 2.89. The average Bonchev–Trinajstić information content (AvgIpc) is 2.64. The molecule has 1 N–H and O–H groups in total. The van der Waals surface area contributed by atoms with Gasteiger partial charge in [-0.2, -0.15) is 0 Å². The Kier molecular flexibility index (Phi) is 7.70. The van der Waals surface area contributed by atoms with Crippen molar-refractivity contribution >= 4 is 5.78 Å².